The predicted molar refractivity (Wildman–Crippen MR) is 70.6 cm³/mol. The Hall–Kier alpha value is -1.62. The highest BCUT2D eigenvalue weighted by atomic mass is 19.1. The smallest absolute Gasteiger partial charge is 0.248 e. The molecule has 0 aliphatic heterocycles. The van der Waals surface area contributed by atoms with E-state index in [0.29, 0.717) is 18.9 Å². The summed E-state index contributed by atoms with van der Waals surface area (Å²) in [7, 11) is 1.68. The molecule has 106 valence electrons. The van der Waals surface area contributed by atoms with Crippen molar-refractivity contribution >= 4 is 5.91 Å². The maximum absolute atomic E-state index is 12.9. The zero-order chi connectivity index (χ0) is 14.3. The number of benzene rings is 1. The summed E-state index contributed by atoms with van der Waals surface area (Å²) in [4.78, 5) is 13.2. The van der Waals surface area contributed by atoms with Crippen LogP contribution in [0.1, 0.15) is 13.8 Å². The van der Waals surface area contributed by atoms with Crippen molar-refractivity contribution in [3.63, 3.8) is 0 Å². The van der Waals surface area contributed by atoms with E-state index in [1.807, 2.05) is 13.8 Å². The van der Waals surface area contributed by atoms with E-state index in [1.54, 1.807) is 19.2 Å². The van der Waals surface area contributed by atoms with Gasteiger partial charge in [0.25, 0.3) is 0 Å². The number of carbonyl (C=O) groups excluding carboxylic acids is 1. The standard InChI is InChI=1S/C14H20FNO3/c1-11(2)19-10-14(17)16(3)7-8-18-13-6-4-5-12(15)9-13/h4-6,9,11H,7-8,10H2,1-3H3. The summed E-state index contributed by atoms with van der Waals surface area (Å²) >= 11 is 0. The molecule has 0 saturated carbocycles. The molecular formula is C14H20FNO3. The van der Waals surface area contributed by atoms with Gasteiger partial charge >= 0.3 is 0 Å². The van der Waals surface area contributed by atoms with E-state index in [2.05, 4.69) is 0 Å². The molecule has 0 aromatic heterocycles. The molecule has 0 atom stereocenters. The molecule has 0 heterocycles. The van der Waals surface area contributed by atoms with E-state index in [4.69, 9.17) is 9.47 Å². The van der Waals surface area contributed by atoms with Gasteiger partial charge in [-0.05, 0) is 26.0 Å². The summed E-state index contributed by atoms with van der Waals surface area (Å²) in [5, 5.41) is 0. The van der Waals surface area contributed by atoms with Gasteiger partial charge in [-0.25, -0.2) is 4.39 Å². The summed E-state index contributed by atoms with van der Waals surface area (Å²) in [6.45, 7) is 4.55. The Morgan fingerprint density at radius 1 is 1.42 bits per heavy atom. The number of rotatable bonds is 7. The first-order valence-electron chi connectivity index (χ1n) is 6.23. The van der Waals surface area contributed by atoms with Crippen LogP contribution >= 0.6 is 0 Å². The molecule has 4 nitrogen and oxygen atoms in total. The highest BCUT2D eigenvalue weighted by Crippen LogP contribution is 2.11. The van der Waals surface area contributed by atoms with Crippen LogP contribution in [0.2, 0.25) is 0 Å². The number of hydrogen-bond acceptors (Lipinski definition) is 3. The summed E-state index contributed by atoms with van der Waals surface area (Å²) < 4.78 is 23.5. The molecule has 1 aromatic rings. The van der Waals surface area contributed by atoms with Gasteiger partial charge in [-0.15, -0.1) is 0 Å². The van der Waals surface area contributed by atoms with Crippen molar-refractivity contribution in [3.8, 4) is 5.75 Å². The van der Waals surface area contributed by atoms with Crippen LogP contribution in [0.3, 0.4) is 0 Å². The fourth-order valence-corrected chi connectivity index (χ4v) is 1.33. The molecule has 1 rings (SSSR count). The van der Waals surface area contributed by atoms with Gasteiger partial charge in [-0.1, -0.05) is 6.07 Å². The van der Waals surface area contributed by atoms with Crippen LogP contribution in [-0.2, 0) is 9.53 Å². The molecule has 0 aliphatic carbocycles. The van der Waals surface area contributed by atoms with Crippen molar-refractivity contribution in [1.82, 2.24) is 4.90 Å². The summed E-state index contributed by atoms with van der Waals surface area (Å²) in [5.74, 6) is 0.0167. The lowest BCUT2D eigenvalue weighted by atomic mass is 10.3. The van der Waals surface area contributed by atoms with Crippen LogP contribution in [0.25, 0.3) is 0 Å². The molecule has 5 heteroatoms. The van der Waals surface area contributed by atoms with Crippen molar-refractivity contribution in [3.05, 3.63) is 30.1 Å². The van der Waals surface area contributed by atoms with Crippen molar-refractivity contribution in [1.29, 1.82) is 0 Å². The number of likely N-dealkylation sites (N-methyl/N-ethyl adjacent to an activating group) is 1. The molecule has 0 spiro atoms. The normalized spacial score (nSPS) is 10.6. The molecule has 0 N–H and O–H groups in total. The Labute approximate surface area is 113 Å². The lowest BCUT2D eigenvalue weighted by Crippen LogP contribution is -2.34. The molecule has 0 fully saturated rings. The van der Waals surface area contributed by atoms with Crippen molar-refractivity contribution in [2.45, 2.75) is 20.0 Å². The van der Waals surface area contributed by atoms with Crippen molar-refractivity contribution < 1.29 is 18.7 Å². The first-order chi connectivity index (χ1) is 8.99. The molecule has 0 unspecified atom stereocenters. The Bertz CT molecular complexity index is 409. The quantitative estimate of drug-likeness (QED) is 0.761. The Balaban J connectivity index is 2.26. The summed E-state index contributed by atoms with van der Waals surface area (Å²) in [6.07, 6.45) is 0.0286. The third kappa shape index (κ3) is 6.20. The number of halogens is 1. The predicted octanol–water partition coefficient (Wildman–Crippen LogP) is 2.09. The molecule has 19 heavy (non-hydrogen) atoms. The topological polar surface area (TPSA) is 38.8 Å². The maximum Gasteiger partial charge on any atom is 0.248 e. The van der Waals surface area contributed by atoms with E-state index < -0.39 is 0 Å². The lowest BCUT2D eigenvalue weighted by molar-refractivity contribution is -0.136. The van der Waals surface area contributed by atoms with Gasteiger partial charge < -0.3 is 14.4 Å². The number of amides is 1. The molecule has 0 bridgehead atoms. The lowest BCUT2D eigenvalue weighted by Gasteiger charge is -2.18. The van der Waals surface area contributed by atoms with Crippen LogP contribution in [0.5, 0.6) is 5.75 Å². The fraction of sp³-hybridized carbons (Fsp3) is 0.500. The first kappa shape index (κ1) is 15.4. The van der Waals surface area contributed by atoms with Crippen LogP contribution in [0.15, 0.2) is 24.3 Å². The molecular weight excluding hydrogens is 249 g/mol. The second kappa shape index (κ2) is 7.74. The second-order valence-corrected chi connectivity index (χ2v) is 4.48. The van der Waals surface area contributed by atoms with Gasteiger partial charge in [0.1, 0.15) is 24.8 Å². The molecule has 1 amide bonds. The average molecular weight is 269 g/mol. The number of nitrogens with zero attached hydrogens (tertiary/aromatic N) is 1. The van der Waals surface area contributed by atoms with E-state index in [-0.39, 0.29) is 24.4 Å². The zero-order valence-electron chi connectivity index (χ0n) is 11.6. The third-order valence-electron chi connectivity index (χ3n) is 2.46. The van der Waals surface area contributed by atoms with Gasteiger partial charge in [-0.3, -0.25) is 4.79 Å². The van der Waals surface area contributed by atoms with Crippen LogP contribution in [-0.4, -0.2) is 43.7 Å². The minimum atomic E-state index is -0.340. The molecule has 0 saturated heterocycles. The Morgan fingerprint density at radius 3 is 2.79 bits per heavy atom. The Kier molecular flexibility index (Phi) is 6.29. The molecule has 1 aromatic carbocycles. The minimum Gasteiger partial charge on any atom is -0.492 e. The van der Waals surface area contributed by atoms with E-state index in [1.165, 1.54) is 17.0 Å². The maximum atomic E-state index is 12.9. The van der Waals surface area contributed by atoms with Gasteiger partial charge in [0.15, 0.2) is 0 Å². The minimum absolute atomic E-state index is 0.0286. The first-order valence-corrected chi connectivity index (χ1v) is 6.23. The summed E-state index contributed by atoms with van der Waals surface area (Å²) in [6, 6.07) is 5.91. The number of ether oxygens (including phenoxy) is 2. The molecule has 0 aliphatic rings. The van der Waals surface area contributed by atoms with Crippen molar-refractivity contribution in [2.75, 3.05) is 26.8 Å². The fourth-order valence-electron chi connectivity index (χ4n) is 1.33. The second-order valence-electron chi connectivity index (χ2n) is 4.48. The van der Waals surface area contributed by atoms with Crippen LogP contribution in [0.4, 0.5) is 4.39 Å². The van der Waals surface area contributed by atoms with Crippen LogP contribution < -0.4 is 4.74 Å². The zero-order valence-corrected chi connectivity index (χ0v) is 11.6. The van der Waals surface area contributed by atoms with Gasteiger partial charge in [0.05, 0.1) is 12.6 Å². The van der Waals surface area contributed by atoms with Gasteiger partial charge in [-0.2, -0.15) is 0 Å². The van der Waals surface area contributed by atoms with Crippen molar-refractivity contribution in [2.24, 2.45) is 0 Å². The van der Waals surface area contributed by atoms with E-state index in [0.717, 1.165) is 0 Å². The van der Waals surface area contributed by atoms with E-state index >= 15 is 0 Å². The van der Waals surface area contributed by atoms with E-state index in [9.17, 15) is 9.18 Å². The summed E-state index contributed by atoms with van der Waals surface area (Å²) in [5.41, 5.74) is 0. The Morgan fingerprint density at radius 2 is 2.16 bits per heavy atom. The largest absolute Gasteiger partial charge is 0.492 e. The van der Waals surface area contributed by atoms with Gasteiger partial charge in [0, 0.05) is 13.1 Å². The number of hydrogen-bond donors (Lipinski definition) is 0. The average Bonchev–Trinajstić information content (AvgIpc) is 2.35. The van der Waals surface area contributed by atoms with Gasteiger partial charge in [0.2, 0.25) is 5.91 Å². The third-order valence-corrected chi connectivity index (χ3v) is 2.46. The highest BCUT2D eigenvalue weighted by Gasteiger charge is 2.09. The molecule has 0 radical (unpaired) electrons. The monoisotopic (exact) mass is 269 g/mol. The van der Waals surface area contributed by atoms with Crippen LogP contribution in [0, 0.1) is 5.82 Å². The SMILES string of the molecule is CC(C)OCC(=O)N(C)CCOc1cccc(F)c1. The highest BCUT2D eigenvalue weighted by molar-refractivity contribution is 5.77. The number of carbonyl (C=O) groups is 1.